The Kier molecular flexibility index (Phi) is 4.39. The van der Waals surface area contributed by atoms with Gasteiger partial charge < -0.3 is 10.4 Å². The molecule has 0 saturated carbocycles. The number of hydrogen-bond acceptors (Lipinski definition) is 2. The second-order valence-electron chi connectivity index (χ2n) is 3.13. The Labute approximate surface area is 89.1 Å². The molecule has 1 aromatic carbocycles. The van der Waals surface area contributed by atoms with Crippen molar-refractivity contribution in [3.63, 3.8) is 0 Å². The summed E-state index contributed by atoms with van der Waals surface area (Å²) in [5, 5.41) is 11.5. The molecule has 0 spiro atoms. The second kappa shape index (κ2) is 5.84. The Bertz CT molecular complexity index is 362. The van der Waals surface area contributed by atoms with Crippen LogP contribution >= 0.6 is 0 Å². The number of amides is 1. The normalized spacial score (nSPS) is 9.33. The van der Waals surface area contributed by atoms with Gasteiger partial charge in [-0.25, -0.2) is 0 Å². The molecule has 0 saturated heterocycles. The summed E-state index contributed by atoms with van der Waals surface area (Å²) in [6, 6.07) is 7.37. The van der Waals surface area contributed by atoms with Gasteiger partial charge in [-0.15, -0.1) is 6.42 Å². The van der Waals surface area contributed by atoms with E-state index in [-0.39, 0.29) is 18.9 Å². The molecule has 78 valence electrons. The maximum absolute atomic E-state index is 11.0. The van der Waals surface area contributed by atoms with E-state index in [9.17, 15) is 4.79 Å². The molecule has 0 aliphatic carbocycles. The van der Waals surface area contributed by atoms with Crippen LogP contribution in [0.5, 0.6) is 0 Å². The second-order valence-corrected chi connectivity index (χ2v) is 3.13. The van der Waals surface area contributed by atoms with Crippen LogP contribution in [-0.2, 0) is 17.9 Å². The Morgan fingerprint density at radius 1 is 1.33 bits per heavy atom. The third kappa shape index (κ3) is 3.84. The lowest BCUT2D eigenvalue weighted by Crippen LogP contribution is -2.21. The highest BCUT2D eigenvalue weighted by molar-refractivity contribution is 5.78. The van der Waals surface area contributed by atoms with Crippen LogP contribution in [0.4, 0.5) is 0 Å². The molecular formula is C12H13NO2. The van der Waals surface area contributed by atoms with Crippen LogP contribution in [-0.4, -0.2) is 11.0 Å². The predicted molar refractivity (Wildman–Crippen MR) is 57.7 cm³/mol. The zero-order chi connectivity index (χ0) is 11.1. The quantitative estimate of drug-likeness (QED) is 0.712. The van der Waals surface area contributed by atoms with Gasteiger partial charge in [0.2, 0.25) is 5.91 Å². The average Bonchev–Trinajstić information content (AvgIpc) is 2.27. The first-order valence-electron chi connectivity index (χ1n) is 4.65. The van der Waals surface area contributed by atoms with Crippen molar-refractivity contribution in [2.45, 2.75) is 19.6 Å². The number of hydrogen-bond donors (Lipinski definition) is 2. The predicted octanol–water partition coefficient (Wildman–Crippen LogP) is 0.818. The first-order chi connectivity index (χ1) is 7.26. The molecule has 15 heavy (non-hydrogen) atoms. The smallest absolute Gasteiger partial charge is 0.232 e. The highest BCUT2D eigenvalue weighted by Crippen LogP contribution is 2.03. The molecular weight excluding hydrogens is 190 g/mol. The van der Waals surface area contributed by atoms with E-state index in [0.717, 1.165) is 11.1 Å². The summed E-state index contributed by atoms with van der Waals surface area (Å²) >= 11 is 0. The third-order valence-electron chi connectivity index (χ3n) is 1.96. The minimum absolute atomic E-state index is 0.0315. The molecule has 3 nitrogen and oxygen atoms in total. The minimum atomic E-state index is -0.149. The van der Waals surface area contributed by atoms with Crippen molar-refractivity contribution in [2.24, 2.45) is 0 Å². The molecule has 0 radical (unpaired) electrons. The van der Waals surface area contributed by atoms with Crippen molar-refractivity contribution in [2.75, 3.05) is 0 Å². The first-order valence-corrected chi connectivity index (χ1v) is 4.65. The van der Waals surface area contributed by atoms with Gasteiger partial charge in [-0.1, -0.05) is 30.2 Å². The summed E-state index contributed by atoms with van der Waals surface area (Å²) in [5.41, 5.74) is 1.84. The van der Waals surface area contributed by atoms with Crippen LogP contribution in [0.1, 0.15) is 17.5 Å². The summed E-state index contributed by atoms with van der Waals surface area (Å²) in [4.78, 5) is 11.0. The Morgan fingerprint density at radius 2 is 1.93 bits per heavy atom. The van der Waals surface area contributed by atoms with Gasteiger partial charge in [-0.2, -0.15) is 0 Å². The van der Waals surface area contributed by atoms with Crippen molar-refractivity contribution in [1.82, 2.24) is 5.32 Å². The molecule has 0 bridgehead atoms. The fraction of sp³-hybridized carbons (Fsp3) is 0.250. The number of aliphatic hydroxyl groups excluding tert-OH is 1. The molecule has 1 aromatic rings. The van der Waals surface area contributed by atoms with E-state index >= 15 is 0 Å². The highest BCUT2D eigenvalue weighted by Gasteiger charge is 1.98. The Balaban J connectivity index is 2.45. The third-order valence-corrected chi connectivity index (χ3v) is 1.96. The van der Waals surface area contributed by atoms with Crippen molar-refractivity contribution in [3.8, 4) is 12.3 Å². The van der Waals surface area contributed by atoms with Crippen molar-refractivity contribution in [1.29, 1.82) is 0 Å². The van der Waals surface area contributed by atoms with E-state index in [2.05, 4.69) is 11.2 Å². The number of carbonyl (C=O) groups excluding carboxylic acids is 1. The molecule has 0 aromatic heterocycles. The van der Waals surface area contributed by atoms with Crippen molar-refractivity contribution in [3.05, 3.63) is 35.4 Å². The maximum Gasteiger partial charge on any atom is 0.232 e. The van der Waals surface area contributed by atoms with Crippen LogP contribution in [0, 0.1) is 12.3 Å². The average molecular weight is 203 g/mol. The zero-order valence-electron chi connectivity index (χ0n) is 8.36. The van der Waals surface area contributed by atoms with Gasteiger partial charge in [0.1, 0.15) is 0 Å². The molecule has 0 aliphatic rings. The molecule has 1 rings (SSSR count). The Hall–Kier alpha value is -1.79. The molecule has 0 fully saturated rings. The van der Waals surface area contributed by atoms with E-state index in [1.807, 2.05) is 24.3 Å². The largest absolute Gasteiger partial charge is 0.392 e. The van der Waals surface area contributed by atoms with Gasteiger partial charge in [-0.05, 0) is 11.1 Å². The molecule has 3 heteroatoms. The van der Waals surface area contributed by atoms with Crippen LogP contribution in [0.3, 0.4) is 0 Å². The lowest BCUT2D eigenvalue weighted by Gasteiger charge is -2.03. The van der Waals surface area contributed by atoms with Crippen LogP contribution < -0.4 is 5.32 Å². The van der Waals surface area contributed by atoms with Crippen LogP contribution in [0.2, 0.25) is 0 Å². The van der Waals surface area contributed by atoms with E-state index < -0.39 is 0 Å². The number of benzene rings is 1. The van der Waals surface area contributed by atoms with E-state index in [1.54, 1.807) is 0 Å². The van der Waals surface area contributed by atoms with Gasteiger partial charge in [0, 0.05) is 6.54 Å². The van der Waals surface area contributed by atoms with Crippen LogP contribution in [0.15, 0.2) is 24.3 Å². The van der Waals surface area contributed by atoms with Crippen molar-refractivity contribution < 1.29 is 9.90 Å². The summed E-state index contributed by atoms with van der Waals surface area (Å²) in [6.07, 6.45) is 5.10. The topological polar surface area (TPSA) is 49.3 Å². The van der Waals surface area contributed by atoms with Crippen molar-refractivity contribution >= 4 is 5.91 Å². The minimum Gasteiger partial charge on any atom is -0.392 e. The Morgan fingerprint density at radius 3 is 2.47 bits per heavy atom. The zero-order valence-corrected chi connectivity index (χ0v) is 8.36. The summed E-state index contributed by atoms with van der Waals surface area (Å²) in [5.74, 6) is 2.13. The first kappa shape index (κ1) is 11.3. The standard InChI is InChI=1S/C12H13NO2/c1-2-3-12(15)13-8-10-4-6-11(9-14)7-5-10/h1,4-7,14H,3,8-9H2,(H,13,15). The summed E-state index contributed by atoms with van der Waals surface area (Å²) in [7, 11) is 0. The van der Waals surface area contributed by atoms with E-state index in [0.29, 0.717) is 6.54 Å². The van der Waals surface area contributed by atoms with Gasteiger partial charge >= 0.3 is 0 Å². The molecule has 0 atom stereocenters. The lowest BCUT2D eigenvalue weighted by molar-refractivity contribution is -0.120. The summed E-state index contributed by atoms with van der Waals surface area (Å²) in [6.45, 7) is 0.496. The molecule has 0 aliphatic heterocycles. The van der Waals surface area contributed by atoms with Gasteiger partial charge in [-0.3, -0.25) is 4.79 Å². The van der Waals surface area contributed by atoms with Gasteiger partial charge in [0.25, 0.3) is 0 Å². The summed E-state index contributed by atoms with van der Waals surface area (Å²) < 4.78 is 0. The molecule has 2 N–H and O–H groups in total. The molecule has 1 amide bonds. The maximum atomic E-state index is 11.0. The lowest BCUT2D eigenvalue weighted by atomic mass is 10.1. The monoisotopic (exact) mass is 203 g/mol. The van der Waals surface area contributed by atoms with E-state index in [4.69, 9.17) is 11.5 Å². The number of terminal acetylenes is 1. The van der Waals surface area contributed by atoms with Gasteiger partial charge in [0.05, 0.1) is 13.0 Å². The highest BCUT2D eigenvalue weighted by atomic mass is 16.3. The SMILES string of the molecule is C#CCC(=O)NCc1ccc(CO)cc1. The van der Waals surface area contributed by atoms with Crippen LogP contribution in [0.25, 0.3) is 0 Å². The fourth-order valence-corrected chi connectivity index (χ4v) is 1.12. The van der Waals surface area contributed by atoms with E-state index in [1.165, 1.54) is 0 Å². The number of rotatable bonds is 4. The number of nitrogens with one attached hydrogen (secondary N) is 1. The molecule has 0 unspecified atom stereocenters. The fourth-order valence-electron chi connectivity index (χ4n) is 1.12. The number of carbonyl (C=O) groups is 1. The van der Waals surface area contributed by atoms with Gasteiger partial charge in [0.15, 0.2) is 0 Å². The molecule has 0 heterocycles. The number of aliphatic hydroxyl groups is 1.